The molecule has 0 radical (unpaired) electrons. The van der Waals surface area contributed by atoms with Gasteiger partial charge in [-0.05, 0) is 29.0 Å². The third-order valence-corrected chi connectivity index (χ3v) is 5.71. The Hall–Kier alpha value is -2.15. The maximum atomic E-state index is 11.9. The molecule has 1 rings (SSSR count). The quantitative estimate of drug-likeness (QED) is 0.674. The van der Waals surface area contributed by atoms with E-state index in [2.05, 4.69) is 26.1 Å². The van der Waals surface area contributed by atoms with Gasteiger partial charge in [0.25, 0.3) is 0 Å². The Labute approximate surface area is 155 Å². The standard InChI is InChI=1S/C19H27NO5S/c1-5-26(24,25)13-12-16(18(22)23)20-17(21)11-8-14-6-9-15(10-7-14)19(2,3)4/h6-11,16H,5,12-13H2,1-4H3,(H,20,21)(H,22,23)/b11-8+. The topological polar surface area (TPSA) is 101 Å². The molecule has 0 saturated heterocycles. The van der Waals surface area contributed by atoms with Gasteiger partial charge in [0.1, 0.15) is 15.9 Å². The van der Waals surface area contributed by atoms with E-state index in [1.54, 1.807) is 6.08 Å². The summed E-state index contributed by atoms with van der Waals surface area (Å²) in [4.78, 5) is 23.2. The van der Waals surface area contributed by atoms with Gasteiger partial charge in [0.05, 0.1) is 5.75 Å². The second-order valence-electron chi connectivity index (χ2n) is 7.13. The molecule has 0 bridgehead atoms. The zero-order chi connectivity index (χ0) is 20.0. The lowest BCUT2D eigenvalue weighted by Crippen LogP contribution is -2.41. The van der Waals surface area contributed by atoms with Gasteiger partial charge >= 0.3 is 5.97 Å². The van der Waals surface area contributed by atoms with E-state index in [-0.39, 0.29) is 23.3 Å². The molecule has 0 spiro atoms. The van der Waals surface area contributed by atoms with Crippen LogP contribution in [0.4, 0.5) is 0 Å². The van der Waals surface area contributed by atoms with Crippen LogP contribution in [-0.4, -0.2) is 42.9 Å². The van der Waals surface area contributed by atoms with Gasteiger partial charge in [0.15, 0.2) is 0 Å². The van der Waals surface area contributed by atoms with Crippen molar-refractivity contribution in [3.8, 4) is 0 Å². The number of nitrogens with one attached hydrogen (secondary N) is 1. The molecule has 0 aliphatic rings. The average molecular weight is 381 g/mol. The Morgan fingerprint density at radius 3 is 2.23 bits per heavy atom. The third-order valence-electron chi connectivity index (χ3n) is 3.98. The number of carbonyl (C=O) groups excluding carboxylic acids is 1. The maximum Gasteiger partial charge on any atom is 0.326 e. The molecule has 26 heavy (non-hydrogen) atoms. The lowest BCUT2D eigenvalue weighted by molar-refractivity contribution is -0.141. The molecule has 1 aromatic carbocycles. The predicted octanol–water partition coefficient (Wildman–Crippen LogP) is 2.39. The van der Waals surface area contributed by atoms with Crippen LogP contribution in [0.15, 0.2) is 30.3 Å². The van der Waals surface area contributed by atoms with Gasteiger partial charge in [-0.3, -0.25) is 4.79 Å². The van der Waals surface area contributed by atoms with Gasteiger partial charge in [-0.1, -0.05) is 52.0 Å². The van der Waals surface area contributed by atoms with Gasteiger partial charge < -0.3 is 10.4 Å². The first-order chi connectivity index (χ1) is 11.9. The monoisotopic (exact) mass is 381 g/mol. The number of hydrogen-bond donors (Lipinski definition) is 2. The highest BCUT2D eigenvalue weighted by Gasteiger charge is 2.21. The molecule has 0 aromatic heterocycles. The molecular formula is C19H27NO5S. The van der Waals surface area contributed by atoms with E-state index in [1.807, 2.05) is 24.3 Å². The van der Waals surface area contributed by atoms with Crippen LogP contribution in [0.25, 0.3) is 6.08 Å². The number of aliphatic carboxylic acids is 1. The number of carboxylic acids is 1. The van der Waals surface area contributed by atoms with E-state index in [4.69, 9.17) is 5.11 Å². The van der Waals surface area contributed by atoms with E-state index in [1.165, 1.54) is 18.6 Å². The van der Waals surface area contributed by atoms with Gasteiger partial charge in [-0.2, -0.15) is 0 Å². The van der Waals surface area contributed by atoms with E-state index < -0.39 is 27.8 Å². The molecule has 0 fully saturated rings. The summed E-state index contributed by atoms with van der Waals surface area (Å²) in [6.07, 6.45) is 2.67. The largest absolute Gasteiger partial charge is 0.480 e. The van der Waals surface area contributed by atoms with Crippen LogP contribution >= 0.6 is 0 Å². The minimum Gasteiger partial charge on any atom is -0.480 e. The molecule has 0 heterocycles. The third kappa shape index (κ3) is 7.39. The number of rotatable bonds is 8. The number of carboxylic acid groups (broad SMARTS) is 1. The predicted molar refractivity (Wildman–Crippen MR) is 103 cm³/mol. The zero-order valence-electron chi connectivity index (χ0n) is 15.7. The molecule has 7 heteroatoms. The summed E-state index contributed by atoms with van der Waals surface area (Å²) >= 11 is 0. The van der Waals surface area contributed by atoms with Crippen molar-refractivity contribution in [2.24, 2.45) is 0 Å². The molecule has 1 aromatic rings. The lowest BCUT2D eigenvalue weighted by atomic mass is 9.87. The summed E-state index contributed by atoms with van der Waals surface area (Å²) in [7, 11) is -3.29. The summed E-state index contributed by atoms with van der Waals surface area (Å²) in [5.74, 6) is -2.17. The fourth-order valence-electron chi connectivity index (χ4n) is 2.19. The SMILES string of the molecule is CCS(=O)(=O)CCC(NC(=O)/C=C/c1ccc(C(C)(C)C)cc1)C(=O)O. The molecular weight excluding hydrogens is 354 g/mol. The number of sulfone groups is 1. The van der Waals surface area contributed by atoms with E-state index in [0.29, 0.717) is 0 Å². The highest BCUT2D eigenvalue weighted by Crippen LogP contribution is 2.22. The van der Waals surface area contributed by atoms with Gasteiger partial charge in [0, 0.05) is 11.8 Å². The van der Waals surface area contributed by atoms with Crippen molar-refractivity contribution in [3.05, 3.63) is 41.5 Å². The Bertz CT molecular complexity index is 758. The van der Waals surface area contributed by atoms with E-state index in [0.717, 1.165) is 5.56 Å². The van der Waals surface area contributed by atoms with Crippen LogP contribution in [0.3, 0.4) is 0 Å². The Kier molecular flexibility index (Phi) is 7.56. The first kappa shape index (κ1) is 21.9. The highest BCUT2D eigenvalue weighted by molar-refractivity contribution is 7.91. The zero-order valence-corrected chi connectivity index (χ0v) is 16.5. The molecule has 2 N–H and O–H groups in total. The Morgan fingerprint density at radius 2 is 1.77 bits per heavy atom. The van der Waals surface area contributed by atoms with Crippen molar-refractivity contribution in [1.82, 2.24) is 5.32 Å². The number of carbonyl (C=O) groups is 2. The van der Waals surface area contributed by atoms with E-state index in [9.17, 15) is 18.0 Å². The normalized spacial score (nSPS) is 13.5. The summed E-state index contributed by atoms with van der Waals surface area (Å²) in [6, 6.07) is 6.48. The second kappa shape index (κ2) is 8.98. The Balaban J connectivity index is 2.70. The maximum absolute atomic E-state index is 11.9. The Morgan fingerprint density at radius 1 is 1.19 bits per heavy atom. The van der Waals surface area contributed by atoms with Crippen molar-refractivity contribution in [3.63, 3.8) is 0 Å². The minimum atomic E-state index is -3.29. The highest BCUT2D eigenvalue weighted by atomic mass is 32.2. The first-order valence-corrected chi connectivity index (χ1v) is 10.3. The van der Waals surface area contributed by atoms with Crippen LogP contribution in [-0.2, 0) is 24.8 Å². The fourth-order valence-corrected chi connectivity index (χ4v) is 3.07. The summed E-state index contributed by atoms with van der Waals surface area (Å²) < 4.78 is 23.0. The van der Waals surface area contributed by atoms with E-state index >= 15 is 0 Å². The number of benzene rings is 1. The molecule has 1 unspecified atom stereocenters. The number of hydrogen-bond acceptors (Lipinski definition) is 4. The van der Waals surface area contributed by atoms with Gasteiger partial charge in [0.2, 0.25) is 5.91 Å². The molecule has 0 aliphatic carbocycles. The van der Waals surface area contributed by atoms with Crippen LogP contribution in [0, 0.1) is 0 Å². The lowest BCUT2D eigenvalue weighted by Gasteiger charge is -2.18. The number of amides is 1. The smallest absolute Gasteiger partial charge is 0.326 e. The van der Waals surface area contributed by atoms with Crippen LogP contribution in [0.1, 0.15) is 45.2 Å². The van der Waals surface area contributed by atoms with Crippen molar-refractivity contribution in [2.45, 2.75) is 45.6 Å². The van der Waals surface area contributed by atoms with Crippen molar-refractivity contribution in [2.75, 3.05) is 11.5 Å². The van der Waals surface area contributed by atoms with Crippen molar-refractivity contribution >= 4 is 27.8 Å². The molecule has 0 saturated carbocycles. The minimum absolute atomic E-state index is 0.0349. The van der Waals surface area contributed by atoms with Gasteiger partial charge in [-0.25, -0.2) is 13.2 Å². The second-order valence-corrected chi connectivity index (χ2v) is 9.60. The summed E-state index contributed by atoms with van der Waals surface area (Å²) in [5, 5.41) is 11.5. The summed E-state index contributed by atoms with van der Waals surface area (Å²) in [5.41, 5.74) is 2.02. The first-order valence-electron chi connectivity index (χ1n) is 8.47. The van der Waals surface area contributed by atoms with Crippen LogP contribution in [0.5, 0.6) is 0 Å². The van der Waals surface area contributed by atoms with Crippen molar-refractivity contribution < 1.29 is 23.1 Å². The molecule has 144 valence electrons. The molecule has 6 nitrogen and oxygen atoms in total. The fraction of sp³-hybridized carbons (Fsp3) is 0.474. The molecule has 1 atom stereocenters. The van der Waals surface area contributed by atoms with Gasteiger partial charge in [-0.15, -0.1) is 0 Å². The molecule has 1 amide bonds. The van der Waals surface area contributed by atoms with Crippen LogP contribution < -0.4 is 5.32 Å². The van der Waals surface area contributed by atoms with Crippen LogP contribution in [0.2, 0.25) is 0 Å². The average Bonchev–Trinajstić information content (AvgIpc) is 2.56. The summed E-state index contributed by atoms with van der Waals surface area (Å²) in [6.45, 7) is 7.82. The van der Waals surface area contributed by atoms with Crippen molar-refractivity contribution in [1.29, 1.82) is 0 Å². The molecule has 0 aliphatic heterocycles.